The number of carbonyl (C=O) groups is 1. The molecule has 20 heavy (non-hydrogen) atoms. The highest BCUT2D eigenvalue weighted by Crippen LogP contribution is 2.18. The van der Waals surface area contributed by atoms with Gasteiger partial charge in [0, 0.05) is 18.2 Å². The zero-order chi connectivity index (χ0) is 15.3. The lowest BCUT2D eigenvalue weighted by Crippen LogP contribution is -2.42. The van der Waals surface area contributed by atoms with Crippen molar-refractivity contribution in [2.75, 3.05) is 0 Å². The highest BCUT2D eigenvalue weighted by molar-refractivity contribution is 5.67. The second-order valence-corrected chi connectivity index (χ2v) is 5.35. The smallest absolute Gasteiger partial charge is 0.422 e. The summed E-state index contributed by atoms with van der Waals surface area (Å²) in [7, 11) is 0. The third-order valence-corrected chi connectivity index (χ3v) is 2.37. The minimum atomic E-state index is -0.602. The lowest BCUT2D eigenvalue weighted by Gasteiger charge is -2.21. The SMILES string of the molecule is CC(NNC(=O)OC(C)(C)C)c1cccc([N+](=O)[O-])c1. The average Bonchev–Trinajstić information content (AvgIpc) is 2.34. The van der Waals surface area contributed by atoms with E-state index in [1.165, 1.54) is 12.1 Å². The van der Waals surface area contributed by atoms with Crippen LogP contribution in [-0.4, -0.2) is 16.6 Å². The van der Waals surface area contributed by atoms with Gasteiger partial charge in [0.05, 0.1) is 4.92 Å². The van der Waals surface area contributed by atoms with Crippen molar-refractivity contribution >= 4 is 11.8 Å². The van der Waals surface area contributed by atoms with Gasteiger partial charge in [0.1, 0.15) is 5.60 Å². The van der Waals surface area contributed by atoms with Gasteiger partial charge in [-0.15, -0.1) is 0 Å². The maximum Gasteiger partial charge on any atom is 0.422 e. The zero-order valence-electron chi connectivity index (χ0n) is 12.0. The Hall–Kier alpha value is -2.15. The van der Waals surface area contributed by atoms with Crippen LogP contribution in [0.3, 0.4) is 0 Å². The maximum atomic E-state index is 11.5. The third-order valence-electron chi connectivity index (χ3n) is 2.37. The number of hydrogen-bond acceptors (Lipinski definition) is 5. The molecule has 110 valence electrons. The van der Waals surface area contributed by atoms with Crippen molar-refractivity contribution in [3.63, 3.8) is 0 Å². The minimum Gasteiger partial charge on any atom is -0.443 e. The highest BCUT2D eigenvalue weighted by Gasteiger charge is 2.17. The van der Waals surface area contributed by atoms with Gasteiger partial charge >= 0.3 is 6.09 Å². The van der Waals surface area contributed by atoms with Crippen molar-refractivity contribution in [1.29, 1.82) is 0 Å². The summed E-state index contributed by atoms with van der Waals surface area (Å²) in [6.45, 7) is 7.06. The molecule has 1 atom stereocenters. The predicted molar refractivity (Wildman–Crippen MR) is 74.0 cm³/mol. The first-order valence-corrected chi connectivity index (χ1v) is 6.18. The Kier molecular flexibility index (Phi) is 5.04. The molecular formula is C13H19N3O4. The minimum absolute atomic E-state index is 0.00779. The lowest BCUT2D eigenvalue weighted by molar-refractivity contribution is -0.384. The normalized spacial score (nSPS) is 12.6. The Bertz CT molecular complexity index is 497. The number of nitrogens with zero attached hydrogens (tertiary/aromatic N) is 1. The summed E-state index contributed by atoms with van der Waals surface area (Å²) in [5.41, 5.74) is 5.26. The van der Waals surface area contributed by atoms with Gasteiger partial charge in [-0.3, -0.25) is 15.5 Å². The van der Waals surface area contributed by atoms with Crippen molar-refractivity contribution in [1.82, 2.24) is 10.9 Å². The number of nitro benzene ring substituents is 1. The fourth-order valence-corrected chi connectivity index (χ4v) is 1.46. The molecule has 0 saturated heterocycles. The average molecular weight is 281 g/mol. The van der Waals surface area contributed by atoms with Crippen molar-refractivity contribution in [2.24, 2.45) is 0 Å². The van der Waals surface area contributed by atoms with E-state index >= 15 is 0 Å². The molecule has 1 unspecified atom stereocenters. The van der Waals surface area contributed by atoms with Crippen LogP contribution in [0.2, 0.25) is 0 Å². The molecule has 0 bridgehead atoms. The van der Waals surface area contributed by atoms with Crippen LogP contribution in [0.1, 0.15) is 39.3 Å². The van der Waals surface area contributed by atoms with Crippen molar-refractivity contribution in [3.8, 4) is 0 Å². The third kappa shape index (κ3) is 5.23. The van der Waals surface area contributed by atoms with Crippen LogP contribution >= 0.6 is 0 Å². The quantitative estimate of drug-likeness (QED) is 0.653. The fraction of sp³-hybridized carbons (Fsp3) is 0.462. The number of hydrogen-bond donors (Lipinski definition) is 2. The van der Waals surface area contributed by atoms with Gasteiger partial charge in [0.15, 0.2) is 0 Å². The molecule has 0 fully saturated rings. The van der Waals surface area contributed by atoms with Gasteiger partial charge in [-0.1, -0.05) is 12.1 Å². The van der Waals surface area contributed by atoms with E-state index in [-0.39, 0.29) is 11.7 Å². The van der Waals surface area contributed by atoms with E-state index in [1.54, 1.807) is 39.8 Å². The van der Waals surface area contributed by atoms with Crippen LogP contribution in [0.4, 0.5) is 10.5 Å². The number of rotatable bonds is 4. The number of amides is 1. The van der Waals surface area contributed by atoms with Crippen molar-refractivity contribution in [2.45, 2.75) is 39.3 Å². The summed E-state index contributed by atoms with van der Waals surface area (Å²) in [6, 6.07) is 5.91. The topological polar surface area (TPSA) is 93.5 Å². The van der Waals surface area contributed by atoms with E-state index in [2.05, 4.69) is 10.9 Å². The molecule has 1 rings (SSSR count). The molecule has 0 aliphatic rings. The number of carbonyl (C=O) groups excluding carboxylic acids is 1. The maximum absolute atomic E-state index is 11.5. The highest BCUT2D eigenvalue weighted by atomic mass is 16.6. The Labute approximate surface area is 117 Å². The van der Waals surface area contributed by atoms with Gasteiger partial charge in [-0.2, -0.15) is 0 Å². The van der Waals surface area contributed by atoms with E-state index < -0.39 is 16.6 Å². The van der Waals surface area contributed by atoms with Crippen molar-refractivity contribution in [3.05, 3.63) is 39.9 Å². The molecule has 2 N–H and O–H groups in total. The number of hydrazine groups is 1. The summed E-state index contributed by atoms with van der Waals surface area (Å²) in [6.07, 6.45) is -0.602. The first kappa shape index (κ1) is 15.9. The molecule has 7 heteroatoms. The van der Waals surface area contributed by atoms with Crippen molar-refractivity contribution < 1.29 is 14.5 Å². The molecule has 0 radical (unpaired) electrons. The molecule has 0 heterocycles. The largest absolute Gasteiger partial charge is 0.443 e. The van der Waals surface area contributed by atoms with Crippen LogP contribution in [0, 0.1) is 10.1 Å². The standard InChI is InChI=1S/C13H19N3O4/c1-9(14-15-12(17)20-13(2,3)4)10-6-5-7-11(8-10)16(18)19/h5-9,14H,1-4H3,(H,15,17). The predicted octanol–water partition coefficient (Wildman–Crippen LogP) is 2.69. The number of non-ortho nitro benzene ring substituents is 1. The Morgan fingerprint density at radius 1 is 1.40 bits per heavy atom. The molecule has 0 aliphatic carbocycles. The summed E-state index contributed by atoms with van der Waals surface area (Å²) in [5.74, 6) is 0. The number of nitro groups is 1. The molecule has 7 nitrogen and oxygen atoms in total. The molecule has 1 aromatic rings. The van der Waals surface area contributed by atoms with E-state index in [9.17, 15) is 14.9 Å². The zero-order valence-corrected chi connectivity index (χ0v) is 12.0. The van der Waals surface area contributed by atoms with Crippen LogP contribution in [-0.2, 0) is 4.74 Å². The molecular weight excluding hydrogens is 262 g/mol. The van der Waals surface area contributed by atoms with Crippen LogP contribution in [0.5, 0.6) is 0 Å². The molecule has 1 amide bonds. The second kappa shape index (κ2) is 6.33. The summed E-state index contributed by atoms with van der Waals surface area (Å²) in [4.78, 5) is 21.7. The van der Waals surface area contributed by atoms with Gasteiger partial charge in [-0.05, 0) is 33.3 Å². The Balaban J connectivity index is 2.59. The van der Waals surface area contributed by atoms with E-state index in [1.807, 2.05) is 0 Å². The van der Waals surface area contributed by atoms with E-state index in [0.717, 1.165) is 0 Å². The van der Waals surface area contributed by atoms with E-state index in [0.29, 0.717) is 5.56 Å². The number of benzene rings is 1. The molecule has 0 saturated carbocycles. The van der Waals surface area contributed by atoms with E-state index in [4.69, 9.17) is 4.74 Å². The van der Waals surface area contributed by atoms with Gasteiger partial charge in [0.25, 0.3) is 5.69 Å². The second-order valence-electron chi connectivity index (χ2n) is 5.35. The summed E-state index contributed by atoms with van der Waals surface area (Å²) >= 11 is 0. The molecule has 0 aliphatic heterocycles. The summed E-state index contributed by atoms with van der Waals surface area (Å²) in [5, 5.41) is 10.7. The van der Waals surface area contributed by atoms with Crippen LogP contribution in [0.25, 0.3) is 0 Å². The van der Waals surface area contributed by atoms with Crippen LogP contribution < -0.4 is 10.9 Å². The Morgan fingerprint density at radius 2 is 2.05 bits per heavy atom. The number of ether oxygens (including phenoxy) is 1. The molecule has 0 spiro atoms. The first-order chi connectivity index (χ1) is 9.19. The Morgan fingerprint density at radius 3 is 2.60 bits per heavy atom. The summed E-state index contributed by atoms with van der Waals surface area (Å²) < 4.78 is 5.07. The molecule has 0 aromatic heterocycles. The van der Waals surface area contributed by atoms with Gasteiger partial charge in [0.2, 0.25) is 0 Å². The van der Waals surface area contributed by atoms with Gasteiger partial charge in [-0.25, -0.2) is 10.2 Å². The fourth-order valence-electron chi connectivity index (χ4n) is 1.46. The monoisotopic (exact) mass is 281 g/mol. The van der Waals surface area contributed by atoms with Crippen LogP contribution in [0.15, 0.2) is 24.3 Å². The first-order valence-electron chi connectivity index (χ1n) is 6.18. The lowest BCUT2D eigenvalue weighted by atomic mass is 10.1. The number of nitrogens with one attached hydrogen (secondary N) is 2. The van der Waals surface area contributed by atoms with Gasteiger partial charge < -0.3 is 4.74 Å². The molecule has 1 aromatic carbocycles.